The number of carbonyl (C=O) groups is 1. The number of nitrogens with one attached hydrogen (secondary N) is 1. The van der Waals surface area contributed by atoms with Crippen molar-refractivity contribution in [2.24, 2.45) is 5.73 Å². The smallest absolute Gasteiger partial charge is 0.248 e. The van der Waals surface area contributed by atoms with Gasteiger partial charge in [0, 0.05) is 24.8 Å². The Bertz CT molecular complexity index is 550. The van der Waals surface area contributed by atoms with Crippen LogP contribution in [0, 0.1) is 6.92 Å². The maximum Gasteiger partial charge on any atom is 0.248 e. The second-order valence-electron chi connectivity index (χ2n) is 4.35. The lowest BCUT2D eigenvalue weighted by atomic mass is 10.0. The van der Waals surface area contributed by atoms with E-state index in [0.717, 1.165) is 30.8 Å². The Kier molecular flexibility index (Phi) is 4.25. The van der Waals surface area contributed by atoms with Gasteiger partial charge in [0.05, 0.1) is 12.7 Å². The highest BCUT2D eigenvalue weighted by atomic mass is 16.1. The first-order valence-electron chi connectivity index (χ1n) is 6.11. The Labute approximate surface area is 111 Å². The fraction of sp³-hybridized carbons (Fsp3) is 0.308. The summed E-state index contributed by atoms with van der Waals surface area (Å²) in [6.07, 6.45) is 3.49. The first-order valence-corrected chi connectivity index (χ1v) is 6.11. The van der Waals surface area contributed by atoms with Crippen LogP contribution in [0.5, 0.6) is 0 Å². The van der Waals surface area contributed by atoms with E-state index in [1.54, 1.807) is 16.9 Å². The summed E-state index contributed by atoms with van der Waals surface area (Å²) in [6.45, 7) is 4.30. The molecule has 0 unspecified atom stereocenters. The highest BCUT2D eigenvalue weighted by Gasteiger charge is 2.03. The molecule has 0 radical (unpaired) electrons. The Morgan fingerprint density at radius 2 is 2.32 bits per heavy atom. The minimum atomic E-state index is -0.395. The molecule has 2 rings (SSSR count). The van der Waals surface area contributed by atoms with Crippen molar-refractivity contribution < 1.29 is 4.79 Å². The zero-order valence-electron chi connectivity index (χ0n) is 10.8. The van der Waals surface area contributed by atoms with Crippen molar-refractivity contribution >= 4 is 5.91 Å². The van der Waals surface area contributed by atoms with Gasteiger partial charge in [-0.2, -0.15) is 0 Å². The van der Waals surface area contributed by atoms with Gasteiger partial charge in [-0.25, -0.2) is 0 Å². The third kappa shape index (κ3) is 3.62. The van der Waals surface area contributed by atoms with Crippen molar-refractivity contribution in [1.29, 1.82) is 0 Å². The summed E-state index contributed by atoms with van der Waals surface area (Å²) in [5, 5.41) is 11.0. The van der Waals surface area contributed by atoms with Crippen molar-refractivity contribution in [2.45, 2.75) is 20.0 Å². The summed E-state index contributed by atoms with van der Waals surface area (Å²) in [4.78, 5) is 11.0. The fourth-order valence-corrected chi connectivity index (χ4v) is 1.82. The van der Waals surface area contributed by atoms with E-state index in [9.17, 15) is 4.79 Å². The molecule has 0 aliphatic heterocycles. The van der Waals surface area contributed by atoms with E-state index in [0.29, 0.717) is 5.56 Å². The molecule has 3 N–H and O–H groups in total. The molecule has 6 heteroatoms. The van der Waals surface area contributed by atoms with Crippen LogP contribution in [0.25, 0.3) is 0 Å². The molecule has 0 saturated heterocycles. The average molecular weight is 259 g/mol. The molecule has 0 aliphatic rings. The van der Waals surface area contributed by atoms with Crippen LogP contribution in [0.1, 0.15) is 21.5 Å². The average Bonchev–Trinajstić information content (AvgIpc) is 2.89. The number of hydrogen-bond donors (Lipinski definition) is 2. The van der Waals surface area contributed by atoms with Crippen molar-refractivity contribution in [2.75, 3.05) is 6.54 Å². The summed E-state index contributed by atoms with van der Waals surface area (Å²) in [6, 6.07) is 5.50. The quantitative estimate of drug-likeness (QED) is 0.739. The molecule has 0 bridgehead atoms. The highest BCUT2D eigenvalue weighted by molar-refractivity contribution is 5.93. The van der Waals surface area contributed by atoms with Crippen molar-refractivity contribution in [3.63, 3.8) is 0 Å². The zero-order valence-corrected chi connectivity index (χ0v) is 10.8. The molecule has 0 spiro atoms. The zero-order chi connectivity index (χ0) is 13.7. The van der Waals surface area contributed by atoms with Gasteiger partial charge in [-0.3, -0.25) is 9.48 Å². The number of aromatic nitrogens is 3. The Morgan fingerprint density at radius 1 is 1.47 bits per heavy atom. The Hall–Kier alpha value is -2.21. The Morgan fingerprint density at radius 3 is 2.95 bits per heavy atom. The first-order chi connectivity index (χ1) is 9.16. The molecule has 1 aromatic heterocycles. The molecule has 0 atom stereocenters. The van der Waals surface area contributed by atoms with Gasteiger partial charge in [-0.05, 0) is 30.2 Å². The van der Waals surface area contributed by atoms with E-state index in [-0.39, 0.29) is 0 Å². The molecule has 0 fully saturated rings. The summed E-state index contributed by atoms with van der Waals surface area (Å²) in [5.74, 6) is -0.395. The van der Waals surface area contributed by atoms with Gasteiger partial charge in [0.2, 0.25) is 5.91 Å². The third-order valence-corrected chi connectivity index (χ3v) is 2.93. The predicted octanol–water partition coefficient (Wildman–Crippen LogP) is 0.475. The van der Waals surface area contributed by atoms with Crippen molar-refractivity contribution in [3.8, 4) is 0 Å². The molecule has 1 amide bonds. The van der Waals surface area contributed by atoms with E-state index in [4.69, 9.17) is 5.73 Å². The number of aryl methyl sites for hydroxylation is 1. The number of primary amides is 1. The Balaban J connectivity index is 1.84. The number of rotatable bonds is 6. The van der Waals surface area contributed by atoms with Crippen LogP contribution in [0.15, 0.2) is 30.6 Å². The fourth-order valence-electron chi connectivity index (χ4n) is 1.82. The van der Waals surface area contributed by atoms with Gasteiger partial charge in [0.1, 0.15) is 0 Å². The topological polar surface area (TPSA) is 85.8 Å². The lowest BCUT2D eigenvalue weighted by molar-refractivity contribution is 0.1000. The molecule has 2 aromatic rings. The molecule has 0 saturated carbocycles. The van der Waals surface area contributed by atoms with Gasteiger partial charge < -0.3 is 11.1 Å². The lowest BCUT2D eigenvalue weighted by Gasteiger charge is -2.08. The van der Waals surface area contributed by atoms with E-state index in [1.807, 2.05) is 25.3 Å². The van der Waals surface area contributed by atoms with Gasteiger partial charge in [0.25, 0.3) is 0 Å². The number of carbonyl (C=O) groups excluding carboxylic acids is 1. The summed E-state index contributed by atoms with van der Waals surface area (Å²) < 4.78 is 1.77. The molecular weight excluding hydrogens is 242 g/mol. The number of nitrogens with zero attached hydrogens (tertiary/aromatic N) is 3. The van der Waals surface area contributed by atoms with Crippen LogP contribution >= 0.6 is 0 Å². The molecule has 100 valence electrons. The summed E-state index contributed by atoms with van der Waals surface area (Å²) >= 11 is 0. The van der Waals surface area contributed by atoms with Crippen LogP contribution in [0.2, 0.25) is 0 Å². The molecule has 1 aromatic carbocycles. The van der Waals surface area contributed by atoms with Crippen LogP contribution < -0.4 is 11.1 Å². The monoisotopic (exact) mass is 259 g/mol. The van der Waals surface area contributed by atoms with Gasteiger partial charge in [-0.15, -0.1) is 5.10 Å². The number of benzene rings is 1. The van der Waals surface area contributed by atoms with Crippen LogP contribution in [-0.4, -0.2) is 27.4 Å². The second-order valence-corrected chi connectivity index (χ2v) is 4.35. The van der Waals surface area contributed by atoms with Crippen molar-refractivity contribution in [1.82, 2.24) is 20.3 Å². The largest absolute Gasteiger partial charge is 0.366 e. The van der Waals surface area contributed by atoms with E-state index in [1.165, 1.54) is 0 Å². The SMILES string of the molecule is Cc1cc(C(N)=O)ccc1CNCCn1ccnn1. The summed E-state index contributed by atoms with van der Waals surface area (Å²) in [5.41, 5.74) is 8.00. The highest BCUT2D eigenvalue weighted by Crippen LogP contribution is 2.10. The maximum absolute atomic E-state index is 11.0. The van der Waals surface area contributed by atoms with Crippen molar-refractivity contribution in [3.05, 3.63) is 47.3 Å². The summed E-state index contributed by atoms with van der Waals surface area (Å²) in [7, 11) is 0. The minimum Gasteiger partial charge on any atom is -0.366 e. The minimum absolute atomic E-state index is 0.395. The molecule has 0 aliphatic carbocycles. The van der Waals surface area contributed by atoms with E-state index in [2.05, 4.69) is 15.6 Å². The molecule has 1 heterocycles. The third-order valence-electron chi connectivity index (χ3n) is 2.93. The van der Waals surface area contributed by atoms with E-state index >= 15 is 0 Å². The van der Waals surface area contributed by atoms with Crippen LogP contribution in [0.4, 0.5) is 0 Å². The standard InChI is InChI=1S/C13H17N5O/c1-10-8-11(13(14)19)2-3-12(10)9-15-4-6-18-7-5-16-17-18/h2-3,5,7-8,15H,4,6,9H2,1H3,(H2,14,19). The number of amides is 1. The van der Waals surface area contributed by atoms with Crippen LogP contribution in [0.3, 0.4) is 0 Å². The molecule has 19 heavy (non-hydrogen) atoms. The van der Waals surface area contributed by atoms with Gasteiger partial charge >= 0.3 is 0 Å². The number of nitrogens with two attached hydrogens (primary N) is 1. The number of hydrogen-bond acceptors (Lipinski definition) is 4. The van der Waals surface area contributed by atoms with Crippen LogP contribution in [-0.2, 0) is 13.1 Å². The lowest BCUT2D eigenvalue weighted by Crippen LogP contribution is -2.20. The molecular formula is C13H17N5O. The second kappa shape index (κ2) is 6.10. The molecule has 6 nitrogen and oxygen atoms in total. The first kappa shape index (κ1) is 13.2. The van der Waals surface area contributed by atoms with E-state index < -0.39 is 5.91 Å². The predicted molar refractivity (Wildman–Crippen MR) is 71.4 cm³/mol. The van der Waals surface area contributed by atoms with Gasteiger partial charge in [-0.1, -0.05) is 11.3 Å². The maximum atomic E-state index is 11.0. The normalized spacial score (nSPS) is 10.6. The van der Waals surface area contributed by atoms with Gasteiger partial charge in [0.15, 0.2) is 0 Å².